The van der Waals surface area contributed by atoms with Crippen LogP contribution in [0, 0.1) is 0 Å². The summed E-state index contributed by atoms with van der Waals surface area (Å²) >= 11 is 6.04. The SMILES string of the molecule is COC(C)(C)CC(C)Nc1cnccc1Cl. The second-order valence-electron chi connectivity index (χ2n) is 4.57. The topological polar surface area (TPSA) is 34.1 Å². The van der Waals surface area contributed by atoms with Gasteiger partial charge in [-0.1, -0.05) is 11.6 Å². The molecule has 0 saturated heterocycles. The van der Waals surface area contributed by atoms with Crippen molar-refractivity contribution in [2.45, 2.75) is 38.8 Å². The number of aromatic nitrogens is 1. The predicted molar refractivity (Wildman–Crippen MR) is 68.0 cm³/mol. The number of nitrogens with zero attached hydrogens (tertiary/aromatic N) is 1. The van der Waals surface area contributed by atoms with E-state index >= 15 is 0 Å². The van der Waals surface area contributed by atoms with E-state index in [2.05, 4.69) is 31.1 Å². The minimum atomic E-state index is -0.138. The van der Waals surface area contributed by atoms with Gasteiger partial charge in [0.25, 0.3) is 0 Å². The molecule has 0 bridgehead atoms. The number of ether oxygens (including phenoxy) is 1. The third-order valence-electron chi connectivity index (χ3n) is 2.52. The third-order valence-corrected chi connectivity index (χ3v) is 2.85. The standard InChI is InChI=1S/C12H19ClN2O/c1-9(7-12(2,3)16-4)15-11-8-14-6-5-10(11)13/h5-6,8-9,15H,7H2,1-4H3. The number of anilines is 1. The molecule has 0 radical (unpaired) electrons. The summed E-state index contributed by atoms with van der Waals surface area (Å²) in [4.78, 5) is 4.04. The van der Waals surface area contributed by atoms with E-state index in [1.807, 2.05) is 0 Å². The second-order valence-corrected chi connectivity index (χ2v) is 4.98. The van der Waals surface area contributed by atoms with E-state index < -0.39 is 0 Å². The Labute approximate surface area is 102 Å². The molecule has 0 aliphatic heterocycles. The first-order valence-corrected chi connectivity index (χ1v) is 5.73. The van der Waals surface area contributed by atoms with Crippen molar-refractivity contribution in [1.29, 1.82) is 0 Å². The first-order chi connectivity index (χ1) is 7.44. The van der Waals surface area contributed by atoms with Crippen molar-refractivity contribution in [2.24, 2.45) is 0 Å². The van der Waals surface area contributed by atoms with Gasteiger partial charge in [0, 0.05) is 19.3 Å². The zero-order valence-corrected chi connectivity index (χ0v) is 11.0. The Hall–Kier alpha value is -0.800. The molecule has 1 rings (SSSR count). The maximum absolute atomic E-state index is 6.04. The Morgan fingerprint density at radius 3 is 2.81 bits per heavy atom. The van der Waals surface area contributed by atoms with Gasteiger partial charge in [-0.15, -0.1) is 0 Å². The maximum Gasteiger partial charge on any atom is 0.0718 e. The first kappa shape index (κ1) is 13.3. The van der Waals surface area contributed by atoms with Gasteiger partial charge in [-0.2, -0.15) is 0 Å². The highest BCUT2D eigenvalue weighted by Crippen LogP contribution is 2.23. The molecule has 16 heavy (non-hydrogen) atoms. The summed E-state index contributed by atoms with van der Waals surface area (Å²) in [6.07, 6.45) is 4.31. The summed E-state index contributed by atoms with van der Waals surface area (Å²) < 4.78 is 5.39. The Kier molecular flexibility index (Phi) is 4.56. The number of pyridine rings is 1. The van der Waals surface area contributed by atoms with Gasteiger partial charge in [0.05, 0.1) is 22.5 Å². The van der Waals surface area contributed by atoms with Gasteiger partial charge >= 0.3 is 0 Å². The van der Waals surface area contributed by atoms with Gasteiger partial charge in [-0.25, -0.2) is 0 Å². The van der Waals surface area contributed by atoms with E-state index in [4.69, 9.17) is 16.3 Å². The summed E-state index contributed by atoms with van der Waals surface area (Å²) in [7, 11) is 1.73. The zero-order valence-electron chi connectivity index (χ0n) is 10.2. The minimum absolute atomic E-state index is 0.138. The van der Waals surface area contributed by atoms with Gasteiger partial charge in [0.15, 0.2) is 0 Å². The van der Waals surface area contributed by atoms with Crippen LogP contribution in [0.3, 0.4) is 0 Å². The largest absolute Gasteiger partial charge is 0.380 e. The molecule has 0 saturated carbocycles. The molecule has 0 aromatic carbocycles. The van der Waals surface area contributed by atoms with Crippen LogP contribution in [0.5, 0.6) is 0 Å². The molecule has 3 nitrogen and oxygen atoms in total. The van der Waals surface area contributed by atoms with Crippen LogP contribution in [0.1, 0.15) is 27.2 Å². The molecular formula is C12H19ClN2O. The summed E-state index contributed by atoms with van der Waals surface area (Å²) in [6.45, 7) is 6.23. The highest BCUT2D eigenvalue weighted by molar-refractivity contribution is 6.33. The molecule has 4 heteroatoms. The van der Waals surface area contributed by atoms with Crippen LogP contribution in [-0.4, -0.2) is 23.7 Å². The molecule has 1 unspecified atom stereocenters. The van der Waals surface area contributed by atoms with Crippen LogP contribution in [0.2, 0.25) is 5.02 Å². The van der Waals surface area contributed by atoms with Crippen LogP contribution in [0.25, 0.3) is 0 Å². The van der Waals surface area contributed by atoms with Gasteiger partial charge in [-0.3, -0.25) is 4.98 Å². The fourth-order valence-corrected chi connectivity index (χ4v) is 1.78. The quantitative estimate of drug-likeness (QED) is 0.860. The molecule has 0 fully saturated rings. The Morgan fingerprint density at radius 2 is 2.25 bits per heavy atom. The van der Waals surface area contributed by atoms with Gasteiger partial charge in [-0.05, 0) is 33.3 Å². The van der Waals surface area contributed by atoms with Crippen molar-refractivity contribution < 1.29 is 4.74 Å². The van der Waals surface area contributed by atoms with E-state index in [1.54, 1.807) is 25.6 Å². The number of rotatable bonds is 5. The summed E-state index contributed by atoms with van der Waals surface area (Å²) in [5.74, 6) is 0. The normalized spacial score (nSPS) is 13.6. The van der Waals surface area contributed by atoms with Crippen molar-refractivity contribution in [2.75, 3.05) is 12.4 Å². The van der Waals surface area contributed by atoms with Crippen LogP contribution in [-0.2, 0) is 4.74 Å². The monoisotopic (exact) mass is 242 g/mol. The number of nitrogens with one attached hydrogen (secondary N) is 1. The Bertz CT molecular complexity index is 342. The lowest BCUT2D eigenvalue weighted by Crippen LogP contribution is -2.31. The molecule has 1 aromatic heterocycles. The molecule has 1 aromatic rings. The van der Waals surface area contributed by atoms with Crippen LogP contribution in [0.4, 0.5) is 5.69 Å². The fraction of sp³-hybridized carbons (Fsp3) is 0.583. The van der Waals surface area contributed by atoms with E-state index in [9.17, 15) is 0 Å². The Balaban J connectivity index is 2.58. The molecular weight excluding hydrogens is 224 g/mol. The Morgan fingerprint density at radius 1 is 1.56 bits per heavy atom. The number of halogens is 1. The van der Waals surface area contributed by atoms with Gasteiger partial charge in [0.2, 0.25) is 0 Å². The van der Waals surface area contributed by atoms with E-state index in [0.29, 0.717) is 5.02 Å². The molecule has 1 heterocycles. The van der Waals surface area contributed by atoms with E-state index in [1.165, 1.54) is 0 Å². The first-order valence-electron chi connectivity index (χ1n) is 5.36. The lowest BCUT2D eigenvalue weighted by Gasteiger charge is -2.27. The molecule has 90 valence electrons. The summed E-state index contributed by atoms with van der Waals surface area (Å²) in [6, 6.07) is 2.05. The number of hydrogen-bond acceptors (Lipinski definition) is 3. The van der Waals surface area contributed by atoms with E-state index in [-0.39, 0.29) is 11.6 Å². The van der Waals surface area contributed by atoms with Crippen LogP contribution in [0.15, 0.2) is 18.5 Å². The average Bonchev–Trinajstić information content (AvgIpc) is 2.21. The van der Waals surface area contributed by atoms with Crippen molar-refractivity contribution >= 4 is 17.3 Å². The van der Waals surface area contributed by atoms with Crippen LogP contribution >= 0.6 is 11.6 Å². The number of hydrogen-bond donors (Lipinski definition) is 1. The van der Waals surface area contributed by atoms with Gasteiger partial charge < -0.3 is 10.1 Å². The highest BCUT2D eigenvalue weighted by Gasteiger charge is 2.20. The number of methoxy groups -OCH3 is 1. The molecule has 1 atom stereocenters. The van der Waals surface area contributed by atoms with E-state index in [0.717, 1.165) is 12.1 Å². The van der Waals surface area contributed by atoms with Crippen LogP contribution < -0.4 is 5.32 Å². The van der Waals surface area contributed by atoms with Crippen molar-refractivity contribution in [3.05, 3.63) is 23.5 Å². The van der Waals surface area contributed by atoms with Crippen molar-refractivity contribution in [3.63, 3.8) is 0 Å². The predicted octanol–water partition coefficient (Wildman–Crippen LogP) is 3.35. The van der Waals surface area contributed by atoms with Gasteiger partial charge in [0.1, 0.15) is 0 Å². The summed E-state index contributed by atoms with van der Waals surface area (Å²) in [5, 5.41) is 4.02. The maximum atomic E-state index is 6.04. The molecule has 0 aliphatic rings. The fourth-order valence-electron chi connectivity index (χ4n) is 1.62. The molecule has 0 aliphatic carbocycles. The lowest BCUT2D eigenvalue weighted by molar-refractivity contribution is 0.0128. The van der Waals surface area contributed by atoms with Crippen molar-refractivity contribution in [1.82, 2.24) is 4.98 Å². The second kappa shape index (κ2) is 5.51. The smallest absolute Gasteiger partial charge is 0.0718 e. The zero-order chi connectivity index (χ0) is 12.2. The summed E-state index contributed by atoms with van der Waals surface area (Å²) in [5.41, 5.74) is 0.727. The average molecular weight is 243 g/mol. The highest BCUT2D eigenvalue weighted by atomic mass is 35.5. The van der Waals surface area contributed by atoms with Crippen molar-refractivity contribution in [3.8, 4) is 0 Å². The molecule has 0 amide bonds. The minimum Gasteiger partial charge on any atom is -0.380 e. The molecule has 0 spiro atoms. The molecule has 1 N–H and O–H groups in total. The third kappa shape index (κ3) is 3.99. The lowest BCUT2D eigenvalue weighted by atomic mass is 10.00.